The molecule has 126 valence electrons. The third-order valence-corrected chi connectivity index (χ3v) is 5.60. The van der Waals surface area contributed by atoms with Crippen LogP contribution in [0.1, 0.15) is 37.7 Å². The molecule has 1 saturated carbocycles. The molecule has 2 aliphatic rings. The van der Waals surface area contributed by atoms with Crippen LogP contribution in [0.3, 0.4) is 0 Å². The number of rotatable bonds is 5. The van der Waals surface area contributed by atoms with Crippen molar-refractivity contribution in [3.8, 4) is 0 Å². The van der Waals surface area contributed by atoms with Gasteiger partial charge >= 0.3 is 0 Å². The SMILES string of the molecule is O=C(CN1CC[C@@H]2CCCC[C@@H]2C1)NCCc1cccc(Cl)c1. The molecule has 1 heterocycles. The van der Waals surface area contributed by atoms with Crippen molar-refractivity contribution in [1.82, 2.24) is 10.2 Å². The molecule has 1 aromatic carbocycles. The number of halogens is 1. The third-order valence-electron chi connectivity index (χ3n) is 5.37. The van der Waals surface area contributed by atoms with Crippen molar-refractivity contribution < 1.29 is 4.79 Å². The van der Waals surface area contributed by atoms with Crippen LogP contribution in [-0.4, -0.2) is 37.0 Å². The molecule has 1 aliphatic heterocycles. The molecule has 0 unspecified atom stereocenters. The molecule has 3 rings (SSSR count). The van der Waals surface area contributed by atoms with E-state index in [1.54, 1.807) is 0 Å². The maximum Gasteiger partial charge on any atom is 0.234 e. The number of likely N-dealkylation sites (tertiary alicyclic amines) is 1. The lowest BCUT2D eigenvalue weighted by molar-refractivity contribution is -0.123. The Morgan fingerprint density at radius 2 is 2.04 bits per heavy atom. The largest absolute Gasteiger partial charge is 0.355 e. The van der Waals surface area contributed by atoms with Gasteiger partial charge in [0, 0.05) is 18.1 Å². The fraction of sp³-hybridized carbons (Fsp3) is 0.632. The van der Waals surface area contributed by atoms with Gasteiger partial charge in [-0.3, -0.25) is 9.69 Å². The van der Waals surface area contributed by atoms with Crippen molar-refractivity contribution in [1.29, 1.82) is 0 Å². The zero-order chi connectivity index (χ0) is 16.1. The number of amides is 1. The molecule has 2 atom stereocenters. The van der Waals surface area contributed by atoms with E-state index in [0.717, 1.165) is 36.4 Å². The van der Waals surface area contributed by atoms with Gasteiger partial charge in [-0.2, -0.15) is 0 Å². The Balaban J connectivity index is 1.38. The molecular weight excluding hydrogens is 308 g/mol. The van der Waals surface area contributed by atoms with Crippen LogP contribution in [0.2, 0.25) is 5.02 Å². The Hall–Kier alpha value is -1.06. The van der Waals surface area contributed by atoms with Gasteiger partial charge in [0.15, 0.2) is 0 Å². The average molecular weight is 335 g/mol. The van der Waals surface area contributed by atoms with Crippen LogP contribution < -0.4 is 5.32 Å². The molecule has 1 aliphatic carbocycles. The molecule has 0 radical (unpaired) electrons. The predicted molar refractivity (Wildman–Crippen MR) is 94.7 cm³/mol. The minimum atomic E-state index is 0.154. The highest BCUT2D eigenvalue weighted by molar-refractivity contribution is 6.30. The van der Waals surface area contributed by atoms with Crippen molar-refractivity contribution in [2.24, 2.45) is 11.8 Å². The molecule has 2 fully saturated rings. The summed E-state index contributed by atoms with van der Waals surface area (Å²) in [4.78, 5) is 14.5. The van der Waals surface area contributed by atoms with Gasteiger partial charge in [-0.1, -0.05) is 43.0 Å². The van der Waals surface area contributed by atoms with Crippen molar-refractivity contribution in [3.63, 3.8) is 0 Å². The predicted octanol–water partition coefficient (Wildman–Crippen LogP) is 3.51. The number of nitrogens with one attached hydrogen (secondary N) is 1. The number of hydrogen-bond donors (Lipinski definition) is 1. The summed E-state index contributed by atoms with van der Waals surface area (Å²) in [5.41, 5.74) is 1.17. The fourth-order valence-corrected chi connectivity index (χ4v) is 4.33. The molecule has 1 N–H and O–H groups in total. The Morgan fingerprint density at radius 1 is 1.22 bits per heavy atom. The standard InChI is InChI=1S/C19H27ClN2O/c20-18-7-3-4-15(12-18)8-10-21-19(23)14-22-11-9-16-5-1-2-6-17(16)13-22/h3-4,7,12,16-17H,1-2,5-6,8-11,13-14H2,(H,21,23)/t16-,17+/m0/s1. The van der Waals surface area contributed by atoms with E-state index in [1.807, 2.05) is 24.3 Å². The van der Waals surface area contributed by atoms with Crippen LogP contribution in [0.15, 0.2) is 24.3 Å². The number of piperidine rings is 1. The van der Waals surface area contributed by atoms with Gasteiger partial charge in [-0.05, 0) is 55.3 Å². The molecular formula is C19H27ClN2O. The lowest BCUT2D eigenvalue weighted by Gasteiger charge is -2.41. The zero-order valence-electron chi connectivity index (χ0n) is 13.8. The Kier molecular flexibility index (Phi) is 5.96. The van der Waals surface area contributed by atoms with E-state index >= 15 is 0 Å². The van der Waals surface area contributed by atoms with Crippen molar-refractivity contribution in [3.05, 3.63) is 34.9 Å². The number of carbonyl (C=O) groups is 1. The quantitative estimate of drug-likeness (QED) is 0.893. The lowest BCUT2D eigenvalue weighted by Crippen LogP contribution is -2.46. The number of fused-ring (bicyclic) bond motifs is 1. The van der Waals surface area contributed by atoms with E-state index in [0.29, 0.717) is 13.1 Å². The summed E-state index contributed by atoms with van der Waals surface area (Å²) in [5, 5.41) is 3.80. The van der Waals surface area contributed by atoms with E-state index in [9.17, 15) is 4.79 Å². The van der Waals surface area contributed by atoms with Gasteiger partial charge in [0.25, 0.3) is 0 Å². The first-order chi connectivity index (χ1) is 11.2. The third kappa shape index (κ3) is 4.95. The summed E-state index contributed by atoms with van der Waals surface area (Å²) in [6, 6.07) is 7.83. The summed E-state index contributed by atoms with van der Waals surface area (Å²) < 4.78 is 0. The minimum Gasteiger partial charge on any atom is -0.355 e. The van der Waals surface area contributed by atoms with Gasteiger partial charge in [-0.25, -0.2) is 0 Å². The lowest BCUT2D eigenvalue weighted by atomic mass is 9.75. The summed E-state index contributed by atoms with van der Waals surface area (Å²) >= 11 is 5.98. The van der Waals surface area contributed by atoms with Gasteiger partial charge in [0.1, 0.15) is 0 Å². The highest BCUT2D eigenvalue weighted by Gasteiger charge is 2.31. The minimum absolute atomic E-state index is 0.154. The van der Waals surface area contributed by atoms with Crippen molar-refractivity contribution in [2.45, 2.75) is 38.5 Å². The molecule has 23 heavy (non-hydrogen) atoms. The molecule has 1 aromatic rings. The fourth-order valence-electron chi connectivity index (χ4n) is 4.12. The number of benzene rings is 1. The monoisotopic (exact) mass is 334 g/mol. The maximum absolute atomic E-state index is 12.1. The van der Waals surface area contributed by atoms with E-state index in [-0.39, 0.29) is 5.91 Å². The van der Waals surface area contributed by atoms with Crippen LogP contribution in [-0.2, 0) is 11.2 Å². The van der Waals surface area contributed by atoms with Crippen LogP contribution in [0.5, 0.6) is 0 Å². The topological polar surface area (TPSA) is 32.3 Å². The number of nitrogens with zero attached hydrogens (tertiary/aromatic N) is 1. The molecule has 0 aromatic heterocycles. The Bertz CT molecular complexity index is 534. The number of hydrogen-bond acceptors (Lipinski definition) is 2. The average Bonchev–Trinajstić information content (AvgIpc) is 2.55. The van der Waals surface area contributed by atoms with E-state index in [1.165, 1.54) is 37.7 Å². The summed E-state index contributed by atoms with van der Waals surface area (Å²) in [7, 11) is 0. The Morgan fingerprint density at radius 3 is 2.87 bits per heavy atom. The second-order valence-electron chi connectivity index (χ2n) is 7.06. The van der Waals surface area contributed by atoms with Crippen LogP contribution in [0.4, 0.5) is 0 Å². The molecule has 1 saturated heterocycles. The summed E-state index contributed by atoms with van der Waals surface area (Å²) in [6.07, 6.45) is 7.66. The highest BCUT2D eigenvalue weighted by Crippen LogP contribution is 2.35. The maximum atomic E-state index is 12.1. The molecule has 0 bridgehead atoms. The van der Waals surface area contributed by atoms with Gasteiger partial charge in [0.2, 0.25) is 5.91 Å². The van der Waals surface area contributed by atoms with Gasteiger partial charge in [0.05, 0.1) is 6.54 Å². The molecule has 1 amide bonds. The highest BCUT2D eigenvalue weighted by atomic mass is 35.5. The van der Waals surface area contributed by atoms with Crippen LogP contribution in [0.25, 0.3) is 0 Å². The van der Waals surface area contributed by atoms with E-state index in [4.69, 9.17) is 11.6 Å². The first-order valence-corrected chi connectivity index (χ1v) is 9.32. The first kappa shape index (κ1) is 16.8. The normalized spacial score (nSPS) is 24.9. The molecule has 0 spiro atoms. The van der Waals surface area contributed by atoms with Gasteiger partial charge < -0.3 is 5.32 Å². The van der Waals surface area contributed by atoms with Crippen LogP contribution >= 0.6 is 11.6 Å². The van der Waals surface area contributed by atoms with E-state index < -0.39 is 0 Å². The van der Waals surface area contributed by atoms with Crippen molar-refractivity contribution >= 4 is 17.5 Å². The summed E-state index contributed by atoms with van der Waals surface area (Å²) in [6.45, 7) is 3.44. The molecule has 4 heteroatoms. The first-order valence-electron chi connectivity index (χ1n) is 8.94. The number of carbonyl (C=O) groups excluding carboxylic acids is 1. The summed E-state index contributed by atoms with van der Waals surface area (Å²) in [5.74, 6) is 1.91. The zero-order valence-corrected chi connectivity index (χ0v) is 14.5. The van der Waals surface area contributed by atoms with Crippen molar-refractivity contribution in [2.75, 3.05) is 26.2 Å². The molecule has 3 nitrogen and oxygen atoms in total. The smallest absolute Gasteiger partial charge is 0.234 e. The van der Waals surface area contributed by atoms with E-state index in [2.05, 4.69) is 10.2 Å². The second kappa shape index (κ2) is 8.16. The Labute approximate surface area is 144 Å². The van der Waals surface area contributed by atoms with Gasteiger partial charge in [-0.15, -0.1) is 0 Å². The second-order valence-corrected chi connectivity index (χ2v) is 7.49. The van der Waals surface area contributed by atoms with Crippen LogP contribution in [0, 0.1) is 11.8 Å².